The van der Waals surface area contributed by atoms with Crippen molar-refractivity contribution in [3.05, 3.63) is 29.3 Å². The maximum absolute atomic E-state index is 11.3. The van der Waals surface area contributed by atoms with E-state index in [0.29, 0.717) is 17.7 Å². The molecule has 5 rings (SSSR count). The van der Waals surface area contributed by atoms with Crippen LogP contribution in [0.2, 0.25) is 0 Å². The Kier molecular flexibility index (Phi) is 5.02. The molecule has 1 aromatic rings. The van der Waals surface area contributed by atoms with E-state index in [0.717, 1.165) is 25.8 Å². The number of carboxylic acids is 1. The van der Waals surface area contributed by atoms with E-state index in [2.05, 4.69) is 5.32 Å². The molecule has 2 bridgehead atoms. The van der Waals surface area contributed by atoms with Crippen LogP contribution in [0.4, 0.5) is 0 Å². The number of hydrogen-bond donors (Lipinski definition) is 5. The third kappa shape index (κ3) is 3.05. The minimum Gasteiger partial charge on any atom is -0.479 e. The van der Waals surface area contributed by atoms with Crippen molar-refractivity contribution in [1.82, 2.24) is 5.32 Å². The molecule has 0 radical (unpaired) electrons. The van der Waals surface area contributed by atoms with Gasteiger partial charge in [-0.15, -0.1) is 0 Å². The quantitative estimate of drug-likeness (QED) is 0.473. The lowest BCUT2D eigenvalue weighted by Crippen LogP contribution is -2.61. The number of aliphatic carboxylic acids is 1. The Morgan fingerprint density at radius 3 is 2.77 bits per heavy atom. The maximum Gasteiger partial charge on any atom is 0.335 e. The Hall–Kier alpha value is -1.71. The van der Waals surface area contributed by atoms with E-state index in [-0.39, 0.29) is 5.41 Å². The van der Waals surface area contributed by atoms with Gasteiger partial charge in [0, 0.05) is 11.5 Å². The molecule has 1 saturated carbocycles. The van der Waals surface area contributed by atoms with E-state index in [1.165, 1.54) is 30.4 Å². The van der Waals surface area contributed by atoms with E-state index >= 15 is 0 Å². The van der Waals surface area contributed by atoms with Gasteiger partial charge in [0.15, 0.2) is 6.10 Å². The summed E-state index contributed by atoms with van der Waals surface area (Å²) < 4.78 is 11.1. The van der Waals surface area contributed by atoms with Gasteiger partial charge in [0.25, 0.3) is 0 Å². The molecule has 8 atom stereocenters. The number of carboxylic acid groups (broad SMARTS) is 1. The topological polar surface area (TPSA) is 128 Å². The fraction of sp³-hybridized carbons (Fsp3) is 0.682. The van der Waals surface area contributed by atoms with Crippen molar-refractivity contribution in [2.24, 2.45) is 5.92 Å². The van der Waals surface area contributed by atoms with Crippen molar-refractivity contribution in [3.8, 4) is 5.75 Å². The molecule has 2 aliphatic carbocycles. The molecular formula is C22H29NO7. The van der Waals surface area contributed by atoms with Crippen molar-refractivity contribution in [2.45, 2.75) is 80.7 Å². The molecule has 164 valence electrons. The second kappa shape index (κ2) is 7.46. The highest BCUT2D eigenvalue weighted by molar-refractivity contribution is 5.73. The van der Waals surface area contributed by atoms with E-state index < -0.39 is 36.7 Å². The number of aliphatic hydroxyl groups is 3. The summed E-state index contributed by atoms with van der Waals surface area (Å²) in [6.45, 7) is 1.00. The molecule has 2 saturated heterocycles. The minimum atomic E-state index is -1.73. The first-order valence-corrected chi connectivity index (χ1v) is 10.9. The van der Waals surface area contributed by atoms with Gasteiger partial charge in [0.1, 0.15) is 24.1 Å². The van der Waals surface area contributed by atoms with Gasteiger partial charge in [-0.2, -0.15) is 0 Å². The molecular weight excluding hydrogens is 390 g/mol. The van der Waals surface area contributed by atoms with Gasteiger partial charge in [-0.1, -0.05) is 18.9 Å². The number of hydrogen-bond acceptors (Lipinski definition) is 7. The van der Waals surface area contributed by atoms with Crippen LogP contribution in [-0.4, -0.2) is 69.7 Å². The molecule has 1 aromatic carbocycles. The third-order valence-electron chi connectivity index (χ3n) is 7.68. The van der Waals surface area contributed by atoms with E-state index in [1.807, 2.05) is 12.1 Å². The molecule has 4 aliphatic rings. The van der Waals surface area contributed by atoms with E-state index in [1.54, 1.807) is 6.07 Å². The first-order chi connectivity index (χ1) is 14.4. The lowest BCUT2D eigenvalue weighted by Gasteiger charge is -2.56. The molecule has 30 heavy (non-hydrogen) atoms. The molecule has 8 unspecified atom stereocenters. The fourth-order valence-corrected chi connectivity index (χ4v) is 6.26. The first-order valence-electron chi connectivity index (χ1n) is 10.9. The standard InChI is InChI=1S/C22H29NO7/c24-16-17(25)19(20(27)28)30-21(18(16)26)29-12-5-4-11-9-15-13-3-1-2-6-22(13,7-8-23-15)14(11)10-12/h4-5,10,13,15-19,21,23-26H,1-3,6-9H2,(H,27,28). The Morgan fingerprint density at radius 1 is 1.13 bits per heavy atom. The maximum atomic E-state index is 11.3. The Labute approximate surface area is 174 Å². The summed E-state index contributed by atoms with van der Waals surface area (Å²) >= 11 is 0. The fourth-order valence-electron chi connectivity index (χ4n) is 6.26. The number of nitrogens with one attached hydrogen (secondary N) is 1. The first kappa shape index (κ1) is 20.2. The third-order valence-corrected chi connectivity index (χ3v) is 7.68. The highest BCUT2D eigenvalue weighted by atomic mass is 16.7. The number of fused-ring (bicyclic) bond motifs is 1. The largest absolute Gasteiger partial charge is 0.479 e. The molecule has 0 spiro atoms. The minimum absolute atomic E-state index is 0.131. The summed E-state index contributed by atoms with van der Waals surface area (Å²) in [5, 5.41) is 43.1. The predicted molar refractivity (Wildman–Crippen MR) is 105 cm³/mol. The second-order valence-electron chi connectivity index (χ2n) is 9.20. The lowest BCUT2D eigenvalue weighted by atomic mass is 9.53. The summed E-state index contributed by atoms with van der Waals surface area (Å²) in [7, 11) is 0. The molecule has 5 N–H and O–H groups in total. The number of rotatable bonds is 3. The summed E-state index contributed by atoms with van der Waals surface area (Å²) in [6, 6.07) is 6.37. The zero-order chi connectivity index (χ0) is 21.0. The van der Waals surface area contributed by atoms with Crippen LogP contribution in [0, 0.1) is 5.92 Å². The highest BCUT2D eigenvalue weighted by Crippen LogP contribution is 2.54. The zero-order valence-electron chi connectivity index (χ0n) is 16.7. The normalized spacial score (nSPS) is 42.7. The average molecular weight is 419 g/mol. The van der Waals surface area contributed by atoms with Crippen LogP contribution in [0.1, 0.15) is 43.2 Å². The smallest absolute Gasteiger partial charge is 0.335 e. The Morgan fingerprint density at radius 2 is 1.97 bits per heavy atom. The van der Waals surface area contributed by atoms with Gasteiger partial charge in [0.05, 0.1) is 0 Å². The molecule has 2 aliphatic heterocycles. The van der Waals surface area contributed by atoms with Crippen molar-refractivity contribution in [2.75, 3.05) is 6.54 Å². The van der Waals surface area contributed by atoms with Crippen molar-refractivity contribution in [1.29, 1.82) is 0 Å². The van der Waals surface area contributed by atoms with Gasteiger partial charge in [-0.25, -0.2) is 4.79 Å². The van der Waals surface area contributed by atoms with Crippen LogP contribution in [0.3, 0.4) is 0 Å². The van der Waals surface area contributed by atoms with E-state index in [9.17, 15) is 25.2 Å². The van der Waals surface area contributed by atoms with Gasteiger partial charge < -0.3 is 35.2 Å². The van der Waals surface area contributed by atoms with Crippen molar-refractivity contribution >= 4 is 5.97 Å². The molecule has 8 nitrogen and oxygen atoms in total. The van der Waals surface area contributed by atoms with Gasteiger partial charge in [-0.3, -0.25) is 0 Å². The molecule has 3 fully saturated rings. The van der Waals surface area contributed by atoms with Crippen molar-refractivity contribution in [3.63, 3.8) is 0 Å². The number of aliphatic hydroxyl groups excluding tert-OH is 3. The average Bonchev–Trinajstić information content (AvgIpc) is 2.74. The van der Waals surface area contributed by atoms with Crippen LogP contribution < -0.4 is 10.1 Å². The van der Waals surface area contributed by atoms with Gasteiger partial charge in [-0.05, 0) is 61.4 Å². The summed E-state index contributed by atoms with van der Waals surface area (Å²) in [4.78, 5) is 11.3. The van der Waals surface area contributed by atoms with Gasteiger partial charge in [0.2, 0.25) is 6.29 Å². The number of ether oxygens (including phenoxy) is 2. The summed E-state index contributed by atoms with van der Waals surface area (Å²) in [6.07, 6.45) is -1.10. The van der Waals surface area contributed by atoms with Crippen LogP contribution in [0.5, 0.6) is 5.75 Å². The van der Waals surface area contributed by atoms with E-state index in [4.69, 9.17) is 9.47 Å². The monoisotopic (exact) mass is 419 g/mol. The Bertz CT molecular complexity index is 828. The van der Waals surface area contributed by atoms with Crippen LogP contribution in [0.25, 0.3) is 0 Å². The van der Waals surface area contributed by atoms with Crippen LogP contribution in [-0.2, 0) is 21.4 Å². The highest BCUT2D eigenvalue weighted by Gasteiger charge is 2.52. The SMILES string of the molecule is O=C(O)C1OC(Oc2ccc3c(c2)C24CCCCC2C(C3)NCC4)C(O)C(O)C1O. The molecule has 2 heterocycles. The Balaban J connectivity index is 1.44. The number of benzene rings is 1. The van der Waals surface area contributed by atoms with Crippen LogP contribution in [0.15, 0.2) is 18.2 Å². The van der Waals surface area contributed by atoms with Crippen LogP contribution >= 0.6 is 0 Å². The summed E-state index contributed by atoms with van der Waals surface area (Å²) in [5.74, 6) is -0.342. The molecule has 0 amide bonds. The predicted octanol–water partition coefficient (Wildman–Crippen LogP) is 0.304. The lowest BCUT2D eigenvalue weighted by molar-refractivity contribution is -0.271. The molecule has 8 heteroatoms. The van der Waals surface area contributed by atoms with Gasteiger partial charge >= 0.3 is 5.97 Å². The number of carbonyl (C=O) groups is 1. The zero-order valence-corrected chi connectivity index (χ0v) is 16.7. The van der Waals surface area contributed by atoms with Crippen molar-refractivity contribution < 1.29 is 34.7 Å². The second-order valence-corrected chi connectivity index (χ2v) is 9.20. The number of piperidine rings is 1. The molecule has 0 aromatic heterocycles. The summed E-state index contributed by atoms with van der Waals surface area (Å²) in [5.41, 5.74) is 2.73.